The maximum Gasteiger partial charge on any atom is 0.254 e. The van der Waals surface area contributed by atoms with E-state index in [9.17, 15) is 18.0 Å². The van der Waals surface area contributed by atoms with E-state index in [2.05, 4.69) is 5.32 Å². The minimum absolute atomic E-state index is 0.0899. The summed E-state index contributed by atoms with van der Waals surface area (Å²) in [6.07, 6.45) is 6.89. The zero-order valence-corrected chi connectivity index (χ0v) is 14.8. The van der Waals surface area contributed by atoms with Crippen molar-refractivity contribution in [3.63, 3.8) is 0 Å². The molecule has 1 N–H and O–H groups in total. The van der Waals surface area contributed by atoms with Crippen LogP contribution in [-0.4, -0.2) is 25.1 Å². The van der Waals surface area contributed by atoms with Gasteiger partial charge in [0.25, 0.3) is 11.5 Å². The Morgan fingerprint density at radius 2 is 1.92 bits per heavy atom. The Kier molecular flexibility index (Phi) is 4.34. The molecule has 0 fully saturated rings. The second kappa shape index (κ2) is 6.33. The summed E-state index contributed by atoms with van der Waals surface area (Å²) in [5, 5.41) is 2.81. The number of carbonyl (C=O) groups is 1. The summed E-state index contributed by atoms with van der Waals surface area (Å²) in [6.45, 7) is 0.268. The maximum absolute atomic E-state index is 12.5. The van der Waals surface area contributed by atoms with Crippen molar-refractivity contribution in [2.24, 2.45) is 7.05 Å². The predicted octanol–water partition coefficient (Wildman–Crippen LogP) is 1.29. The quantitative estimate of drug-likeness (QED) is 0.892. The lowest BCUT2D eigenvalue weighted by Crippen LogP contribution is -2.28. The molecule has 1 aliphatic carbocycles. The molecule has 0 unspecified atom stereocenters. The van der Waals surface area contributed by atoms with Crippen molar-refractivity contribution < 1.29 is 13.2 Å². The molecular weight excluding hydrogens is 340 g/mol. The summed E-state index contributed by atoms with van der Waals surface area (Å²) < 4.78 is 24.3. The first-order chi connectivity index (χ1) is 11.8. The van der Waals surface area contributed by atoms with Crippen molar-refractivity contribution in [2.75, 3.05) is 6.26 Å². The van der Waals surface area contributed by atoms with E-state index in [1.54, 1.807) is 31.5 Å². The van der Waals surface area contributed by atoms with Crippen LogP contribution >= 0.6 is 0 Å². The number of benzene rings is 1. The predicted molar refractivity (Wildman–Crippen MR) is 95.1 cm³/mol. The highest BCUT2D eigenvalue weighted by atomic mass is 32.2. The van der Waals surface area contributed by atoms with Crippen molar-refractivity contribution in [2.45, 2.75) is 17.9 Å². The first-order valence-corrected chi connectivity index (χ1v) is 9.63. The molecule has 0 bridgehead atoms. The van der Waals surface area contributed by atoms with Gasteiger partial charge >= 0.3 is 0 Å². The van der Waals surface area contributed by atoms with Crippen LogP contribution in [0.25, 0.3) is 6.08 Å². The van der Waals surface area contributed by atoms with Gasteiger partial charge < -0.3 is 9.88 Å². The van der Waals surface area contributed by atoms with E-state index in [0.717, 1.165) is 11.8 Å². The summed E-state index contributed by atoms with van der Waals surface area (Å²) in [7, 11) is -1.61. The molecule has 0 atom stereocenters. The highest BCUT2D eigenvalue weighted by molar-refractivity contribution is 7.90. The summed E-state index contributed by atoms with van der Waals surface area (Å²) in [4.78, 5) is 24.8. The number of rotatable bonds is 4. The molecule has 1 aromatic heterocycles. The van der Waals surface area contributed by atoms with E-state index in [1.165, 1.54) is 16.7 Å². The molecule has 0 saturated carbocycles. The highest BCUT2D eigenvalue weighted by Gasteiger charge is 2.19. The van der Waals surface area contributed by atoms with Gasteiger partial charge in [-0.3, -0.25) is 9.59 Å². The largest absolute Gasteiger partial charge is 0.348 e. The molecule has 0 saturated heterocycles. The van der Waals surface area contributed by atoms with Crippen LogP contribution in [0.5, 0.6) is 0 Å². The number of carbonyl (C=O) groups excluding carboxylic acids is 1. The molecule has 130 valence electrons. The Balaban J connectivity index is 1.78. The second-order valence-corrected chi connectivity index (χ2v) is 8.07. The van der Waals surface area contributed by atoms with Crippen LogP contribution in [0.15, 0.2) is 46.2 Å². The van der Waals surface area contributed by atoms with Crippen molar-refractivity contribution in [1.29, 1.82) is 0 Å². The molecule has 0 aliphatic heterocycles. The summed E-state index contributed by atoms with van der Waals surface area (Å²) >= 11 is 0. The third-order valence-corrected chi connectivity index (χ3v) is 5.30. The Hall–Kier alpha value is -2.67. The number of nitrogens with one attached hydrogen (secondary N) is 1. The highest BCUT2D eigenvalue weighted by Crippen LogP contribution is 2.20. The third kappa shape index (κ3) is 3.41. The lowest BCUT2D eigenvalue weighted by molar-refractivity contribution is 0.0950. The molecule has 1 heterocycles. The molecule has 7 heteroatoms. The van der Waals surface area contributed by atoms with Gasteiger partial charge in [0.15, 0.2) is 9.84 Å². The average molecular weight is 358 g/mol. The number of aryl methyl sites for hydroxylation is 1. The van der Waals surface area contributed by atoms with Crippen LogP contribution in [0, 0.1) is 0 Å². The average Bonchev–Trinajstić information content (AvgIpc) is 3.05. The summed E-state index contributed by atoms with van der Waals surface area (Å²) in [5.74, 6) is -0.273. The first-order valence-electron chi connectivity index (χ1n) is 7.73. The van der Waals surface area contributed by atoms with Gasteiger partial charge in [0.1, 0.15) is 0 Å². The molecule has 0 radical (unpaired) electrons. The van der Waals surface area contributed by atoms with Gasteiger partial charge in [0, 0.05) is 31.6 Å². The van der Waals surface area contributed by atoms with E-state index in [-0.39, 0.29) is 22.9 Å². The monoisotopic (exact) mass is 358 g/mol. The van der Waals surface area contributed by atoms with Gasteiger partial charge in [0.05, 0.1) is 10.5 Å². The van der Waals surface area contributed by atoms with Crippen LogP contribution in [-0.2, 0) is 29.9 Å². The molecule has 6 nitrogen and oxygen atoms in total. The zero-order valence-electron chi connectivity index (χ0n) is 13.9. The Morgan fingerprint density at radius 3 is 2.56 bits per heavy atom. The van der Waals surface area contributed by atoms with E-state index < -0.39 is 9.84 Å². The number of hydrogen-bond acceptors (Lipinski definition) is 4. The number of hydrogen-bond donors (Lipinski definition) is 1. The fraction of sp³-hybridized carbons (Fsp3) is 0.222. The minimum Gasteiger partial charge on any atom is -0.348 e. The van der Waals surface area contributed by atoms with Crippen LogP contribution < -0.4 is 10.9 Å². The lowest BCUT2D eigenvalue weighted by atomic mass is 10.1. The van der Waals surface area contributed by atoms with Crippen molar-refractivity contribution in [1.82, 2.24) is 9.88 Å². The molecule has 0 spiro atoms. The van der Waals surface area contributed by atoms with E-state index >= 15 is 0 Å². The van der Waals surface area contributed by atoms with Gasteiger partial charge in [-0.05, 0) is 29.7 Å². The number of aromatic nitrogens is 1. The Morgan fingerprint density at radius 1 is 1.24 bits per heavy atom. The van der Waals surface area contributed by atoms with Crippen LogP contribution in [0.1, 0.15) is 27.0 Å². The van der Waals surface area contributed by atoms with Gasteiger partial charge in [-0.2, -0.15) is 0 Å². The lowest BCUT2D eigenvalue weighted by Gasteiger charge is -2.11. The number of sulfone groups is 1. The number of fused-ring (bicyclic) bond motifs is 1. The van der Waals surface area contributed by atoms with E-state index in [4.69, 9.17) is 0 Å². The fourth-order valence-electron chi connectivity index (χ4n) is 2.81. The Bertz CT molecular complexity index is 1030. The molecular formula is C18H18N2O4S. The van der Waals surface area contributed by atoms with Gasteiger partial charge in [0.2, 0.25) is 0 Å². The van der Waals surface area contributed by atoms with Gasteiger partial charge in [-0.1, -0.05) is 24.3 Å². The minimum atomic E-state index is -3.24. The summed E-state index contributed by atoms with van der Waals surface area (Å²) in [6, 6.07) is 6.37. The van der Waals surface area contributed by atoms with Crippen molar-refractivity contribution in [3.8, 4) is 0 Å². The molecule has 1 aromatic carbocycles. The second-order valence-electron chi connectivity index (χ2n) is 6.06. The number of amides is 1. The number of allylic oxidation sites excluding steroid dienone is 1. The standard InChI is InChI=1S/C18H18N2O4S/c1-20-11-16(14-4-3-5-15(14)18(20)22)17(21)19-10-12-6-8-13(9-7-12)25(2,23)24/h3-4,6-9,11H,5,10H2,1-2H3,(H,19,21). The van der Waals surface area contributed by atoms with E-state index in [1.807, 2.05) is 6.08 Å². The molecule has 1 amide bonds. The van der Waals surface area contributed by atoms with Gasteiger partial charge in [-0.25, -0.2) is 8.42 Å². The zero-order chi connectivity index (χ0) is 18.2. The normalized spacial score (nSPS) is 12.9. The molecule has 3 rings (SSSR count). The molecule has 1 aliphatic rings. The first kappa shape index (κ1) is 17.2. The number of nitrogens with zero attached hydrogens (tertiary/aromatic N) is 1. The maximum atomic E-state index is 12.5. The third-order valence-electron chi connectivity index (χ3n) is 4.17. The van der Waals surface area contributed by atoms with Crippen molar-refractivity contribution >= 4 is 21.8 Å². The number of pyridine rings is 1. The fourth-order valence-corrected chi connectivity index (χ4v) is 3.44. The van der Waals surface area contributed by atoms with Gasteiger partial charge in [-0.15, -0.1) is 0 Å². The topological polar surface area (TPSA) is 85.2 Å². The van der Waals surface area contributed by atoms with E-state index in [0.29, 0.717) is 23.1 Å². The summed E-state index contributed by atoms with van der Waals surface area (Å²) in [5.41, 5.74) is 2.46. The smallest absolute Gasteiger partial charge is 0.254 e. The van der Waals surface area contributed by atoms with Crippen molar-refractivity contribution in [3.05, 3.63) is 69.1 Å². The SMILES string of the molecule is Cn1cc(C(=O)NCc2ccc(S(C)(=O)=O)cc2)c2c(c1=O)CC=C2. The van der Waals surface area contributed by atoms with Crippen LogP contribution in [0.4, 0.5) is 0 Å². The van der Waals surface area contributed by atoms with Crippen LogP contribution in [0.3, 0.4) is 0 Å². The Labute approximate surface area is 145 Å². The molecule has 25 heavy (non-hydrogen) atoms. The van der Waals surface area contributed by atoms with Crippen LogP contribution in [0.2, 0.25) is 0 Å². The molecule has 2 aromatic rings.